The Morgan fingerprint density at radius 1 is 1.26 bits per heavy atom. The molecule has 19 heavy (non-hydrogen) atoms. The number of hydrogen-bond donors (Lipinski definition) is 2. The van der Waals surface area contributed by atoms with Crippen LogP contribution in [0.1, 0.15) is 5.56 Å². The largest absolute Gasteiger partial charge is 0.398 e. The average molecular weight is 336 g/mol. The van der Waals surface area contributed by atoms with Crippen LogP contribution in [0.2, 0.25) is 0 Å². The van der Waals surface area contributed by atoms with Gasteiger partial charge in [0.1, 0.15) is 16.9 Å². The Bertz CT molecular complexity index is 755. The summed E-state index contributed by atoms with van der Waals surface area (Å²) < 4.78 is 0.951. The molecule has 2 heterocycles. The van der Waals surface area contributed by atoms with Gasteiger partial charge in [0.15, 0.2) is 5.65 Å². The molecule has 0 fully saturated rings. The molecule has 0 saturated carbocycles. The van der Waals surface area contributed by atoms with E-state index in [-0.39, 0.29) is 0 Å². The number of halogens is 1. The zero-order valence-corrected chi connectivity index (χ0v) is 12.4. The van der Waals surface area contributed by atoms with E-state index in [1.165, 1.54) is 6.33 Å². The minimum atomic E-state index is 0.667. The molecule has 0 aliphatic rings. The van der Waals surface area contributed by atoms with Crippen LogP contribution in [0, 0.1) is 6.92 Å². The summed E-state index contributed by atoms with van der Waals surface area (Å²) in [7, 11) is 0. The summed E-state index contributed by atoms with van der Waals surface area (Å²) in [4.78, 5) is 16.6. The van der Waals surface area contributed by atoms with Crippen LogP contribution in [0.4, 0.5) is 5.69 Å². The highest BCUT2D eigenvalue weighted by Gasteiger charge is 2.11. The van der Waals surface area contributed by atoms with E-state index in [2.05, 4.69) is 35.9 Å². The van der Waals surface area contributed by atoms with E-state index in [1.54, 1.807) is 18.1 Å². The number of nitrogens with two attached hydrogens (primary N) is 1. The Kier molecular flexibility index (Phi) is 3.16. The first-order valence-corrected chi connectivity index (χ1v) is 7.13. The third kappa shape index (κ3) is 2.31. The van der Waals surface area contributed by atoms with Crippen LogP contribution in [0.15, 0.2) is 39.2 Å². The molecule has 7 heteroatoms. The van der Waals surface area contributed by atoms with Crippen molar-refractivity contribution in [3.63, 3.8) is 0 Å². The quantitative estimate of drug-likeness (QED) is 0.555. The fraction of sp³-hybridized carbons (Fsp3) is 0.0833. The minimum Gasteiger partial charge on any atom is -0.398 e. The number of nitrogens with one attached hydrogen (secondary N) is 1. The highest BCUT2D eigenvalue weighted by molar-refractivity contribution is 9.10. The van der Waals surface area contributed by atoms with Gasteiger partial charge in [0.25, 0.3) is 0 Å². The topological polar surface area (TPSA) is 80.5 Å². The van der Waals surface area contributed by atoms with Crippen LogP contribution < -0.4 is 5.73 Å². The van der Waals surface area contributed by atoms with Crippen LogP contribution >= 0.6 is 27.7 Å². The predicted molar refractivity (Wildman–Crippen MR) is 79.1 cm³/mol. The fourth-order valence-corrected chi connectivity index (χ4v) is 3.23. The van der Waals surface area contributed by atoms with Gasteiger partial charge in [0, 0.05) is 15.1 Å². The maximum absolute atomic E-state index is 5.88. The lowest BCUT2D eigenvalue weighted by atomic mass is 10.2. The number of aryl methyl sites for hydroxylation is 1. The maximum atomic E-state index is 5.88. The van der Waals surface area contributed by atoms with Crippen LogP contribution in [0.3, 0.4) is 0 Å². The van der Waals surface area contributed by atoms with Gasteiger partial charge < -0.3 is 10.7 Å². The first kappa shape index (κ1) is 12.4. The second-order valence-electron chi connectivity index (χ2n) is 4.02. The number of rotatable bonds is 2. The summed E-state index contributed by atoms with van der Waals surface area (Å²) in [6.07, 6.45) is 3.14. The van der Waals surface area contributed by atoms with Gasteiger partial charge in [0.2, 0.25) is 0 Å². The number of hydrogen-bond acceptors (Lipinski definition) is 5. The minimum absolute atomic E-state index is 0.667. The smallest absolute Gasteiger partial charge is 0.181 e. The van der Waals surface area contributed by atoms with E-state index < -0.39 is 0 Å². The lowest BCUT2D eigenvalue weighted by Gasteiger charge is -2.07. The van der Waals surface area contributed by atoms with E-state index in [0.717, 1.165) is 31.2 Å². The molecule has 0 radical (unpaired) electrons. The third-order valence-corrected chi connectivity index (χ3v) is 4.69. The predicted octanol–water partition coefficient (Wildman–Crippen LogP) is 3.16. The van der Waals surface area contributed by atoms with E-state index >= 15 is 0 Å². The van der Waals surface area contributed by atoms with Crippen molar-refractivity contribution in [2.75, 3.05) is 5.73 Å². The monoisotopic (exact) mass is 335 g/mol. The molecule has 3 N–H and O–H groups in total. The molecule has 0 saturated heterocycles. The number of fused-ring (bicyclic) bond motifs is 1. The summed E-state index contributed by atoms with van der Waals surface area (Å²) in [6, 6.07) is 3.94. The molecule has 5 nitrogen and oxygen atoms in total. The molecular formula is C12H10BrN5S. The van der Waals surface area contributed by atoms with E-state index in [1.807, 2.05) is 19.1 Å². The average Bonchev–Trinajstić information content (AvgIpc) is 2.85. The van der Waals surface area contributed by atoms with Gasteiger partial charge >= 0.3 is 0 Å². The van der Waals surface area contributed by atoms with Crippen molar-refractivity contribution in [2.45, 2.75) is 16.8 Å². The first-order valence-electron chi connectivity index (χ1n) is 5.52. The Morgan fingerprint density at radius 3 is 2.95 bits per heavy atom. The Hall–Kier alpha value is -1.60. The number of benzene rings is 1. The SMILES string of the molecule is Cc1cc(Sc2ncnc3nc[nH]c23)c(Br)cc1N. The molecule has 2 aromatic heterocycles. The second kappa shape index (κ2) is 4.82. The summed E-state index contributed by atoms with van der Waals surface area (Å²) >= 11 is 5.07. The number of anilines is 1. The number of imidazole rings is 1. The molecule has 0 amide bonds. The molecule has 0 unspecified atom stereocenters. The van der Waals surface area contributed by atoms with Gasteiger partial charge in [-0.2, -0.15) is 0 Å². The second-order valence-corrected chi connectivity index (χ2v) is 5.91. The molecule has 1 aromatic carbocycles. The van der Waals surface area contributed by atoms with Gasteiger partial charge in [-0.3, -0.25) is 0 Å². The van der Waals surface area contributed by atoms with Crippen molar-refractivity contribution in [2.24, 2.45) is 0 Å². The summed E-state index contributed by atoms with van der Waals surface area (Å²) in [5.41, 5.74) is 9.20. The van der Waals surface area contributed by atoms with E-state index in [0.29, 0.717) is 5.65 Å². The van der Waals surface area contributed by atoms with Crippen molar-refractivity contribution >= 4 is 44.5 Å². The third-order valence-electron chi connectivity index (χ3n) is 2.72. The van der Waals surface area contributed by atoms with Gasteiger partial charge in [-0.15, -0.1) is 0 Å². The Balaban J connectivity index is 2.06. The first-order chi connectivity index (χ1) is 9.15. The van der Waals surface area contributed by atoms with Crippen molar-refractivity contribution in [3.05, 3.63) is 34.8 Å². The zero-order chi connectivity index (χ0) is 13.4. The van der Waals surface area contributed by atoms with E-state index in [4.69, 9.17) is 5.73 Å². The molecule has 3 aromatic rings. The highest BCUT2D eigenvalue weighted by Crippen LogP contribution is 2.36. The molecule has 3 rings (SSSR count). The van der Waals surface area contributed by atoms with Gasteiger partial charge in [-0.25, -0.2) is 15.0 Å². The molecule has 0 atom stereocenters. The fourth-order valence-electron chi connectivity index (χ4n) is 1.67. The van der Waals surface area contributed by atoms with Crippen molar-refractivity contribution in [1.82, 2.24) is 19.9 Å². The van der Waals surface area contributed by atoms with Crippen LogP contribution in [0.5, 0.6) is 0 Å². The van der Waals surface area contributed by atoms with Gasteiger partial charge in [-0.05, 0) is 40.5 Å². The maximum Gasteiger partial charge on any atom is 0.181 e. The molecule has 96 valence electrons. The molecule has 0 aliphatic carbocycles. The number of nitrogens with zero attached hydrogens (tertiary/aromatic N) is 3. The highest BCUT2D eigenvalue weighted by atomic mass is 79.9. The number of H-pyrrole nitrogens is 1. The molecule has 0 bridgehead atoms. The Labute approximate surface area is 122 Å². The normalized spacial score (nSPS) is 11.1. The number of nitrogen functional groups attached to an aromatic ring is 1. The lowest BCUT2D eigenvalue weighted by molar-refractivity contribution is 1.08. The molecular weight excluding hydrogens is 326 g/mol. The van der Waals surface area contributed by atoms with Crippen LogP contribution in [-0.2, 0) is 0 Å². The van der Waals surface area contributed by atoms with Crippen molar-refractivity contribution in [1.29, 1.82) is 0 Å². The van der Waals surface area contributed by atoms with Gasteiger partial charge in [0.05, 0.1) is 6.33 Å². The molecule has 0 aliphatic heterocycles. The summed E-state index contributed by atoms with van der Waals surface area (Å²) in [5, 5.41) is 0.840. The zero-order valence-electron chi connectivity index (χ0n) is 10.0. The standard InChI is InChI=1S/C12H10BrN5S/c1-6-2-9(7(13)3-8(6)14)19-12-10-11(16-4-15-10)17-5-18-12/h2-5H,14H2,1H3,(H,15,16,17,18). The van der Waals surface area contributed by atoms with E-state index in [9.17, 15) is 0 Å². The number of aromatic amines is 1. The van der Waals surface area contributed by atoms with Crippen molar-refractivity contribution in [3.8, 4) is 0 Å². The van der Waals surface area contributed by atoms with Gasteiger partial charge in [-0.1, -0.05) is 11.8 Å². The van der Waals surface area contributed by atoms with Crippen LogP contribution in [0.25, 0.3) is 11.2 Å². The molecule has 0 spiro atoms. The summed E-state index contributed by atoms with van der Waals surface area (Å²) in [6.45, 7) is 1.98. The van der Waals surface area contributed by atoms with Crippen molar-refractivity contribution < 1.29 is 0 Å². The number of aromatic nitrogens is 4. The van der Waals surface area contributed by atoms with Crippen LogP contribution in [-0.4, -0.2) is 19.9 Å². The lowest BCUT2D eigenvalue weighted by Crippen LogP contribution is -1.91. The Morgan fingerprint density at radius 2 is 2.11 bits per heavy atom. The summed E-state index contributed by atoms with van der Waals surface area (Å²) in [5.74, 6) is 0.